The Labute approximate surface area is 76.5 Å². The van der Waals surface area contributed by atoms with Crippen LogP contribution in [0.15, 0.2) is 12.7 Å². The molecule has 0 radical (unpaired) electrons. The van der Waals surface area contributed by atoms with Crippen LogP contribution in [0.3, 0.4) is 0 Å². The fourth-order valence-corrected chi connectivity index (χ4v) is 1.74. The van der Waals surface area contributed by atoms with Gasteiger partial charge in [0.15, 0.2) is 0 Å². The van der Waals surface area contributed by atoms with Crippen molar-refractivity contribution in [2.45, 2.75) is 47.1 Å². The van der Waals surface area contributed by atoms with Gasteiger partial charge in [-0.05, 0) is 10.8 Å². The Balaban J connectivity index is 5.09. The topological polar surface area (TPSA) is 20.2 Å². The number of hydrogen-bond acceptors (Lipinski definition) is 1. The van der Waals surface area contributed by atoms with E-state index in [4.69, 9.17) is 0 Å². The van der Waals surface area contributed by atoms with Gasteiger partial charge in [0.25, 0.3) is 0 Å². The highest BCUT2D eigenvalue weighted by atomic mass is 16.3. The Morgan fingerprint density at radius 3 is 1.17 bits per heavy atom. The predicted molar refractivity (Wildman–Crippen MR) is 54.1 cm³/mol. The van der Waals surface area contributed by atoms with Crippen molar-refractivity contribution in [3.63, 3.8) is 0 Å². The van der Waals surface area contributed by atoms with Crippen LogP contribution in [0.25, 0.3) is 0 Å². The first-order valence-corrected chi connectivity index (χ1v) is 4.42. The Bertz CT molecular complexity index is 152. The second-order valence-electron chi connectivity index (χ2n) is 5.47. The van der Waals surface area contributed by atoms with Gasteiger partial charge >= 0.3 is 0 Å². The summed E-state index contributed by atoms with van der Waals surface area (Å²) in [6, 6.07) is 0. The van der Waals surface area contributed by atoms with Crippen molar-refractivity contribution in [1.29, 1.82) is 0 Å². The maximum Gasteiger partial charge on any atom is 0.0921 e. The molecule has 1 heteroatoms. The Morgan fingerprint density at radius 2 is 1.17 bits per heavy atom. The third-order valence-electron chi connectivity index (χ3n) is 2.58. The number of hydrogen-bond donors (Lipinski definition) is 1. The molecule has 0 aliphatic carbocycles. The fourth-order valence-electron chi connectivity index (χ4n) is 1.74. The van der Waals surface area contributed by atoms with Gasteiger partial charge in [0.05, 0.1) is 5.60 Å². The van der Waals surface area contributed by atoms with Crippen LogP contribution in [0.5, 0.6) is 0 Å². The molecule has 0 bridgehead atoms. The van der Waals surface area contributed by atoms with E-state index in [2.05, 4.69) is 6.58 Å². The molecule has 0 aliphatic rings. The third kappa shape index (κ3) is 1.71. The minimum Gasteiger partial charge on any atom is -0.385 e. The Hall–Kier alpha value is -0.300. The molecule has 12 heavy (non-hydrogen) atoms. The minimum atomic E-state index is -0.819. The zero-order valence-corrected chi connectivity index (χ0v) is 9.23. The van der Waals surface area contributed by atoms with Crippen molar-refractivity contribution in [3.05, 3.63) is 12.7 Å². The quantitative estimate of drug-likeness (QED) is 0.600. The fraction of sp³-hybridized carbons (Fsp3) is 0.818. The van der Waals surface area contributed by atoms with Crippen molar-refractivity contribution in [2.75, 3.05) is 0 Å². The molecule has 0 aliphatic heterocycles. The molecule has 0 aromatic rings. The van der Waals surface area contributed by atoms with Crippen LogP contribution in [0.2, 0.25) is 0 Å². The average Bonchev–Trinajstić information content (AvgIpc) is 1.81. The van der Waals surface area contributed by atoms with Gasteiger partial charge in [0, 0.05) is 0 Å². The number of aliphatic hydroxyl groups is 1. The standard InChI is InChI=1S/C11H22O/c1-8-11(12,9(2,3)4)10(5,6)7/h8,12H,1H2,2-7H3. The first-order valence-electron chi connectivity index (χ1n) is 4.42. The van der Waals surface area contributed by atoms with Crippen LogP contribution in [0, 0.1) is 10.8 Å². The number of rotatable bonds is 1. The summed E-state index contributed by atoms with van der Waals surface area (Å²) in [5.41, 5.74) is -1.17. The van der Waals surface area contributed by atoms with E-state index < -0.39 is 5.60 Å². The summed E-state index contributed by atoms with van der Waals surface area (Å²) in [7, 11) is 0. The van der Waals surface area contributed by atoms with Crippen molar-refractivity contribution in [1.82, 2.24) is 0 Å². The maximum absolute atomic E-state index is 10.4. The molecule has 0 aromatic heterocycles. The van der Waals surface area contributed by atoms with Crippen LogP contribution in [-0.4, -0.2) is 10.7 Å². The van der Waals surface area contributed by atoms with Crippen molar-refractivity contribution in [2.24, 2.45) is 10.8 Å². The molecule has 0 unspecified atom stereocenters. The summed E-state index contributed by atoms with van der Waals surface area (Å²) < 4.78 is 0. The van der Waals surface area contributed by atoms with Crippen LogP contribution in [0.1, 0.15) is 41.5 Å². The van der Waals surface area contributed by atoms with Crippen LogP contribution in [0.4, 0.5) is 0 Å². The van der Waals surface area contributed by atoms with E-state index in [9.17, 15) is 5.11 Å². The smallest absolute Gasteiger partial charge is 0.0921 e. The Morgan fingerprint density at radius 1 is 0.917 bits per heavy atom. The zero-order chi connectivity index (χ0) is 10.2. The Kier molecular flexibility index (Phi) is 2.81. The highest BCUT2D eigenvalue weighted by molar-refractivity contribution is 5.10. The first-order chi connectivity index (χ1) is 5.06. The molecule has 1 N–H and O–H groups in total. The van der Waals surface area contributed by atoms with E-state index in [1.165, 1.54) is 0 Å². The van der Waals surface area contributed by atoms with E-state index in [0.29, 0.717) is 0 Å². The lowest BCUT2D eigenvalue weighted by molar-refractivity contribution is -0.0957. The first kappa shape index (κ1) is 11.7. The molecule has 72 valence electrons. The van der Waals surface area contributed by atoms with E-state index in [1.54, 1.807) is 6.08 Å². The minimum absolute atomic E-state index is 0.174. The molecular weight excluding hydrogens is 148 g/mol. The van der Waals surface area contributed by atoms with E-state index in [-0.39, 0.29) is 10.8 Å². The molecule has 1 nitrogen and oxygen atoms in total. The summed E-state index contributed by atoms with van der Waals surface area (Å²) >= 11 is 0. The summed E-state index contributed by atoms with van der Waals surface area (Å²) in [4.78, 5) is 0. The average molecular weight is 170 g/mol. The lowest BCUT2D eigenvalue weighted by atomic mass is 9.63. The molecule has 0 spiro atoms. The lowest BCUT2D eigenvalue weighted by Crippen LogP contribution is -2.51. The molecule has 0 saturated heterocycles. The normalized spacial score (nSPS) is 14.6. The van der Waals surface area contributed by atoms with E-state index in [0.717, 1.165) is 0 Å². The SMILES string of the molecule is C=CC(O)(C(C)(C)C)C(C)(C)C. The zero-order valence-electron chi connectivity index (χ0n) is 9.23. The van der Waals surface area contributed by atoms with Crippen molar-refractivity contribution < 1.29 is 5.11 Å². The highest BCUT2D eigenvalue weighted by Gasteiger charge is 2.46. The molecule has 0 heterocycles. The van der Waals surface area contributed by atoms with Crippen molar-refractivity contribution >= 4 is 0 Å². The molecule has 0 atom stereocenters. The van der Waals surface area contributed by atoms with E-state index in [1.807, 2.05) is 41.5 Å². The van der Waals surface area contributed by atoms with Gasteiger partial charge in [-0.2, -0.15) is 0 Å². The second-order valence-corrected chi connectivity index (χ2v) is 5.47. The monoisotopic (exact) mass is 170 g/mol. The van der Waals surface area contributed by atoms with Crippen LogP contribution in [-0.2, 0) is 0 Å². The van der Waals surface area contributed by atoms with Gasteiger partial charge in [-0.15, -0.1) is 6.58 Å². The largest absolute Gasteiger partial charge is 0.385 e. The lowest BCUT2D eigenvalue weighted by Gasteiger charge is -2.47. The maximum atomic E-state index is 10.4. The predicted octanol–water partition coefficient (Wildman–Crippen LogP) is 3.00. The molecule has 0 fully saturated rings. The molecule has 0 amide bonds. The van der Waals surface area contributed by atoms with Gasteiger partial charge in [0.1, 0.15) is 0 Å². The second kappa shape index (κ2) is 2.88. The van der Waals surface area contributed by atoms with Gasteiger partial charge in [-0.1, -0.05) is 47.6 Å². The van der Waals surface area contributed by atoms with Crippen LogP contribution >= 0.6 is 0 Å². The summed E-state index contributed by atoms with van der Waals surface area (Å²) in [5, 5.41) is 10.4. The molecular formula is C11H22O. The summed E-state index contributed by atoms with van der Waals surface area (Å²) in [6.45, 7) is 15.9. The summed E-state index contributed by atoms with van der Waals surface area (Å²) in [5.74, 6) is 0. The molecule has 0 aromatic carbocycles. The third-order valence-corrected chi connectivity index (χ3v) is 2.58. The van der Waals surface area contributed by atoms with Crippen molar-refractivity contribution in [3.8, 4) is 0 Å². The van der Waals surface area contributed by atoms with Crippen LogP contribution < -0.4 is 0 Å². The summed E-state index contributed by atoms with van der Waals surface area (Å²) in [6.07, 6.45) is 1.66. The highest BCUT2D eigenvalue weighted by Crippen LogP contribution is 2.44. The van der Waals surface area contributed by atoms with Gasteiger partial charge in [0.2, 0.25) is 0 Å². The van der Waals surface area contributed by atoms with Gasteiger partial charge in [-0.25, -0.2) is 0 Å². The van der Waals surface area contributed by atoms with Gasteiger partial charge in [-0.3, -0.25) is 0 Å². The molecule has 0 saturated carbocycles. The molecule has 0 rings (SSSR count). The van der Waals surface area contributed by atoms with Gasteiger partial charge < -0.3 is 5.11 Å². The van der Waals surface area contributed by atoms with E-state index >= 15 is 0 Å².